The lowest BCUT2D eigenvalue weighted by Gasteiger charge is -2.23. The number of hydrogen-bond acceptors (Lipinski definition) is 2. The van der Waals surface area contributed by atoms with Crippen LogP contribution in [0.2, 0.25) is 0 Å². The van der Waals surface area contributed by atoms with E-state index < -0.39 is 0 Å². The summed E-state index contributed by atoms with van der Waals surface area (Å²) in [6.07, 6.45) is 3.88. The highest BCUT2D eigenvalue weighted by Crippen LogP contribution is 2.23. The maximum atomic E-state index is 5.58. The number of rotatable bonds is 4. The highest BCUT2D eigenvalue weighted by molar-refractivity contribution is 4.77. The van der Waals surface area contributed by atoms with Gasteiger partial charge in [-0.2, -0.15) is 0 Å². The number of nitrogens with two attached hydrogens (primary N) is 1. The van der Waals surface area contributed by atoms with E-state index in [-0.39, 0.29) is 0 Å². The summed E-state index contributed by atoms with van der Waals surface area (Å²) < 4.78 is 0. The maximum Gasteiger partial charge on any atom is 0.00106 e. The predicted octanol–water partition coefficient (Wildman–Crippen LogP) is 2.09. The molecule has 1 heterocycles. The molecule has 1 rings (SSSR count). The summed E-state index contributed by atoms with van der Waals surface area (Å²) in [5.74, 6) is 0.875. The van der Waals surface area contributed by atoms with Gasteiger partial charge >= 0.3 is 0 Å². The van der Waals surface area contributed by atoms with Crippen LogP contribution in [-0.2, 0) is 0 Å². The van der Waals surface area contributed by atoms with Gasteiger partial charge in [0, 0.05) is 6.54 Å². The molecule has 1 aliphatic rings. The van der Waals surface area contributed by atoms with Gasteiger partial charge < -0.3 is 10.6 Å². The fourth-order valence-corrected chi connectivity index (χ4v) is 2.08. The van der Waals surface area contributed by atoms with Crippen LogP contribution in [0.15, 0.2) is 0 Å². The molecular formula is C12H26N2. The first-order chi connectivity index (χ1) is 6.51. The van der Waals surface area contributed by atoms with Crippen LogP contribution < -0.4 is 5.73 Å². The monoisotopic (exact) mass is 198 g/mol. The Hall–Kier alpha value is -0.0800. The first-order valence-corrected chi connectivity index (χ1v) is 5.94. The zero-order chi connectivity index (χ0) is 10.6. The number of nitrogens with zero attached hydrogens (tertiary/aromatic N) is 1. The minimum atomic E-state index is 0.478. The molecule has 1 aliphatic heterocycles. The van der Waals surface area contributed by atoms with Gasteiger partial charge in [0.2, 0.25) is 0 Å². The van der Waals surface area contributed by atoms with Crippen LogP contribution in [0.1, 0.15) is 40.0 Å². The molecule has 2 heteroatoms. The zero-order valence-electron chi connectivity index (χ0n) is 10.1. The molecule has 1 saturated heterocycles. The van der Waals surface area contributed by atoms with Crippen molar-refractivity contribution in [3.8, 4) is 0 Å². The van der Waals surface area contributed by atoms with Crippen molar-refractivity contribution in [1.29, 1.82) is 0 Å². The molecule has 0 spiro atoms. The third-order valence-electron chi connectivity index (χ3n) is 3.12. The van der Waals surface area contributed by atoms with Crippen LogP contribution in [0.3, 0.4) is 0 Å². The van der Waals surface area contributed by atoms with Crippen molar-refractivity contribution in [3.05, 3.63) is 0 Å². The summed E-state index contributed by atoms with van der Waals surface area (Å²) in [7, 11) is 0. The first kappa shape index (κ1) is 12.0. The van der Waals surface area contributed by atoms with Gasteiger partial charge in [-0.25, -0.2) is 0 Å². The molecule has 0 bridgehead atoms. The van der Waals surface area contributed by atoms with E-state index >= 15 is 0 Å². The molecule has 1 unspecified atom stereocenters. The molecule has 0 radical (unpaired) electrons. The standard InChI is InChI=1S/C12H26N2/c1-12(2,3)6-9-14-8-5-11(10-14)4-7-13/h11H,4-10,13H2,1-3H3. The van der Waals surface area contributed by atoms with Crippen LogP contribution in [-0.4, -0.2) is 31.1 Å². The van der Waals surface area contributed by atoms with E-state index in [0.29, 0.717) is 5.41 Å². The molecule has 0 aromatic heterocycles. The van der Waals surface area contributed by atoms with E-state index in [1.54, 1.807) is 0 Å². The van der Waals surface area contributed by atoms with E-state index in [9.17, 15) is 0 Å². The van der Waals surface area contributed by atoms with Crippen molar-refractivity contribution in [2.24, 2.45) is 17.1 Å². The van der Waals surface area contributed by atoms with Crippen LogP contribution in [0.4, 0.5) is 0 Å². The number of hydrogen-bond donors (Lipinski definition) is 1. The summed E-state index contributed by atoms with van der Waals surface area (Å²) in [4.78, 5) is 2.60. The summed E-state index contributed by atoms with van der Waals surface area (Å²) in [6, 6.07) is 0. The molecule has 1 fully saturated rings. The first-order valence-electron chi connectivity index (χ1n) is 5.94. The van der Waals surface area contributed by atoms with Crippen molar-refractivity contribution in [2.45, 2.75) is 40.0 Å². The summed E-state index contributed by atoms with van der Waals surface area (Å²) in [5, 5.41) is 0. The van der Waals surface area contributed by atoms with Crippen molar-refractivity contribution in [2.75, 3.05) is 26.2 Å². The van der Waals surface area contributed by atoms with Gasteiger partial charge in [-0.05, 0) is 50.2 Å². The average Bonchev–Trinajstić information content (AvgIpc) is 2.49. The highest BCUT2D eigenvalue weighted by Gasteiger charge is 2.22. The van der Waals surface area contributed by atoms with E-state index in [1.807, 2.05) is 0 Å². The Balaban J connectivity index is 2.16. The SMILES string of the molecule is CC(C)(C)CCN1CCC(CCN)C1. The third-order valence-corrected chi connectivity index (χ3v) is 3.12. The van der Waals surface area contributed by atoms with E-state index in [0.717, 1.165) is 12.5 Å². The smallest absolute Gasteiger partial charge is 0.00106 e. The van der Waals surface area contributed by atoms with E-state index in [4.69, 9.17) is 5.73 Å². The van der Waals surface area contributed by atoms with Gasteiger partial charge in [0.1, 0.15) is 0 Å². The highest BCUT2D eigenvalue weighted by atomic mass is 15.1. The van der Waals surface area contributed by atoms with Crippen LogP contribution in [0.5, 0.6) is 0 Å². The lowest BCUT2D eigenvalue weighted by Crippen LogP contribution is -2.25. The Bertz CT molecular complexity index is 160. The molecule has 0 aromatic carbocycles. The second kappa shape index (κ2) is 5.13. The third kappa shape index (κ3) is 4.43. The minimum Gasteiger partial charge on any atom is -0.330 e. The molecule has 2 N–H and O–H groups in total. The minimum absolute atomic E-state index is 0.478. The van der Waals surface area contributed by atoms with Gasteiger partial charge in [0.25, 0.3) is 0 Å². The maximum absolute atomic E-state index is 5.58. The second-order valence-corrected chi connectivity index (χ2v) is 5.84. The average molecular weight is 198 g/mol. The fraction of sp³-hybridized carbons (Fsp3) is 1.00. The van der Waals surface area contributed by atoms with Gasteiger partial charge in [-0.3, -0.25) is 0 Å². The van der Waals surface area contributed by atoms with Gasteiger partial charge in [0.05, 0.1) is 0 Å². The summed E-state index contributed by atoms with van der Waals surface area (Å²) in [6.45, 7) is 11.7. The van der Waals surface area contributed by atoms with Crippen molar-refractivity contribution in [3.63, 3.8) is 0 Å². The predicted molar refractivity (Wildman–Crippen MR) is 62.3 cm³/mol. The molecule has 0 aliphatic carbocycles. The van der Waals surface area contributed by atoms with Crippen molar-refractivity contribution in [1.82, 2.24) is 4.90 Å². The lowest BCUT2D eigenvalue weighted by molar-refractivity contribution is 0.257. The molecule has 1 atom stereocenters. The molecule has 2 nitrogen and oxygen atoms in total. The molecule has 0 saturated carbocycles. The van der Waals surface area contributed by atoms with Crippen molar-refractivity contribution >= 4 is 0 Å². The second-order valence-electron chi connectivity index (χ2n) is 5.84. The molecule has 0 aromatic rings. The van der Waals surface area contributed by atoms with E-state index in [2.05, 4.69) is 25.7 Å². The Morgan fingerprint density at radius 3 is 2.64 bits per heavy atom. The van der Waals surface area contributed by atoms with Crippen LogP contribution >= 0.6 is 0 Å². The quantitative estimate of drug-likeness (QED) is 0.749. The van der Waals surface area contributed by atoms with Crippen LogP contribution in [0.25, 0.3) is 0 Å². The Kier molecular flexibility index (Phi) is 4.39. The van der Waals surface area contributed by atoms with Gasteiger partial charge in [0.15, 0.2) is 0 Å². The zero-order valence-corrected chi connectivity index (χ0v) is 10.1. The van der Waals surface area contributed by atoms with Crippen LogP contribution in [0, 0.1) is 11.3 Å². The van der Waals surface area contributed by atoms with Gasteiger partial charge in [-0.15, -0.1) is 0 Å². The Labute approximate surface area is 88.8 Å². The molecule has 0 amide bonds. The van der Waals surface area contributed by atoms with E-state index in [1.165, 1.54) is 38.9 Å². The topological polar surface area (TPSA) is 29.3 Å². The lowest BCUT2D eigenvalue weighted by atomic mass is 9.92. The number of likely N-dealkylation sites (tertiary alicyclic amines) is 1. The fourth-order valence-electron chi connectivity index (χ4n) is 2.08. The molecular weight excluding hydrogens is 172 g/mol. The normalized spacial score (nSPS) is 24.4. The summed E-state index contributed by atoms with van der Waals surface area (Å²) >= 11 is 0. The van der Waals surface area contributed by atoms with Gasteiger partial charge in [-0.1, -0.05) is 20.8 Å². The molecule has 14 heavy (non-hydrogen) atoms. The Morgan fingerprint density at radius 1 is 1.36 bits per heavy atom. The summed E-state index contributed by atoms with van der Waals surface area (Å²) in [5.41, 5.74) is 6.06. The molecule has 84 valence electrons. The van der Waals surface area contributed by atoms with Crippen molar-refractivity contribution < 1.29 is 0 Å². The largest absolute Gasteiger partial charge is 0.330 e. The Morgan fingerprint density at radius 2 is 2.07 bits per heavy atom.